The normalized spacial score (nSPS) is 11.2. The fourth-order valence-corrected chi connectivity index (χ4v) is 1.93. The van der Waals surface area contributed by atoms with E-state index in [1.807, 2.05) is 11.6 Å². The van der Waals surface area contributed by atoms with Crippen molar-refractivity contribution in [2.45, 2.75) is 32.7 Å². The summed E-state index contributed by atoms with van der Waals surface area (Å²) >= 11 is 1.48. The van der Waals surface area contributed by atoms with Gasteiger partial charge in [0, 0.05) is 26.5 Å². The fraction of sp³-hybridized carbons (Fsp3) is 0.500. The first-order valence-corrected chi connectivity index (χ1v) is 5.75. The molecule has 89 valence electrons. The van der Waals surface area contributed by atoms with Gasteiger partial charge in [-0.3, -0.25) is 0 Å². The van der Waals surface area contributed by atoms with E-state index in [1.165, 1.54) is 11.3 Å². The predicted octanol–water partition coefficient (Wildman–Crippen LogP) is 1.88. The first-order valence-electron chi connectivity index (χ1n) is 4.87. The minimum absolute atomic E-state index is 0. The maximum atomic E-state index is 4.41. The maximum Gasteiger partial charge on any atom is 0.150 e. The summed E-state index contributed by atoms with van der Waals surface area (Å²) < 4.78 is 1.84. The van der Waals surface area contributed by atoms with Crippen LogP contribution in [-0.4, -0.2) is 19.7 Å². The molecule has 16 heavy (non-hydrogen) atoms. The number of aromatic nitrogens is 4. The number of aryl methyl sites for hydroxylation is 1. The zero-order valence-electron chi connectivity index (χ0n) is 9.39. The molecule has 2 rings (SSSR count). The minimum atomic E-state index is -0.277. The number of thiazole rings is 1. The second-order valence-corrected chi connectivity index (χ2v) is 4.47. The van der Waals surface area contributed by atoms with Crippen LogP contribution in [0.3, 0.4) is 0 Å². The molecule has 0 aliphatic rings. The molecule has 6 heteroatoms. The van der Waals surface area contributed by atoms with E-state index in [1.54, 1.807) is 11.8 Å². The van der Waals surface area contributed by atoms with Gasteiger partial charge in [0.2, 0.25) is 0 Å². The first-order chi connectivity index (χ1) is 7.14. The molecule has 0 saturated carbocycles. The van der Waals surface area contributed by atoms with Crippen LogP contribution in [0.1, 0.15) is 32.3 Å². The van der Waals surface area contributed by atoms with Crippen LogP contribution in [0.4, 0.5) is 0 Å². The summed E-state index contributed by atoms with van der Waals surface area (Å²) in [7, 11) is 0. The maximum absolute atomic E-state index is 4.41. The molecule has 0 spiro atoms. The largest absolute Gasteiger partial charge is 0.362 e. The number of rotatable bonds is 3. The van der Waals surface area contributed by atoms with Gasteiger partial charge in [-0.2, -0.15) is 10.5 Å². The van der Waals surface area contributed by atoms with Gasteiger partial charge in [0.1, 0.15) is 12.2 Å². The SMILES string of the molecule is CCc1ncn(C(C)(C)c2[c-]scn2)n1.[Ir]. The van der Waals surface area contributed by atoms with Crippen LogP contribution in [0.15, 0.2) is 11.8 Å². The molecule has 1 radical (unpaired) electrons. The minimum Gasteiger partial charge on any atom is -0.362 e. The average Bonchev–Trinajstić information content (AvgIpc) is 2.89. The Hall–Kier alpha value is -0.581. The summed E-state index contributed by atoms with van der Waals surface area (Å²) in [5.74, 6) is 0.860. The number of hydrogen-bond acceptors (Lipinski definition) is 4. The third-order valence-electron chi connectivity index (χ3n) is 2.40. The second kappa shape index (κ2) is 5.17. The molecule has 0 bridgehead atoms. The molecule has 0 aromatic carbocycles. The van der Waals surface area contributed by atoms with Gasteiger partial charge in [0.05, 0.1) is 5.54 Å². The summed E-state index contributed by atoms with van der Waals surface area (Å²) in [6, 6.07) is 0. The van der Waals surface area contributed by atoms with E-state index in [9.17, 15) is 0 Å². The van der Waals surface area contributed by atoms with Crippen molar-refractivity contribution in [1.82, 2.24) is 19.7 Å². The molecule has 0 atom stereocenters. The number of nitrogens with zero attached hydrogens (tertiary/aromatic N) is 4. The molecule has 0 aliphatic carbocycles. The van der Waals surface area contributed by atoms with E-state index < -0.39 is 0 Å². The zero-order valence-corrected chi connectivity index (χ0v) is 12.6. The van der Waals surface area contributed by atoms with Crippen LogP contribution < -0.4 is 0 Å². The predicted molar refractivity (Wildman–Crippen MR) is 58.8 cm³/mol. The van der Waals surface area contributed by atoms with E-state index in [-0.39, 0.29) is 25.6 Å². The molecule has 0 amide bonds. The van der Waals surface area contributed by atoms with E-state index in [4.69, 9.17) is 0 Å². The molecule has 0 aliphatic heterocycles. The molecule has 2 aromatic rings. The topological polar surface area (TPSA) is 43.6 Å². The molecule has 0 N–H and O–H groups in total. The summed E-state index contributed by atoms with van der Waals surface area (Å²) in [4.78, 5) is 8.50. The van der Waals surface area contributed by atoms with Gasteiger partial charge in [-0.05, 0) is 19.5 Å². The third-order valence-corrected chi connectivity index (χ3v) is 2.92. The summed E-state index contributed by atoms with van der Waals surface area (Å²) in [5.41, 5.74) is 2.41. The third kappa shape index (κ3) is 2.39. The van der Waals surface area contributed by atoms with Crippen molar-refractivity contribution < 1.29 is 20.1 Å². The van der Waals surface area contributed by atoms with E-state index in [0.717, 1.165) is 17.9 Å². The van der Waals surface area contributed by atoms with Crippen LogP contribution in [0.5, 0.6) is 0 Å². The van der Waals surface area contributed by atoms with Crippen LogP contribution >= 0.6 is 11.3 Å². The van der Waals surface area contributed by atoms with Crippen LogP contribution in [0.25, 0.3) is 0 Å². The molecular formula is C10H13IrN4S-. The van der Waals surface area contributed by atoms with Crippen LogP contribution in [-0.2, 0) is 32.1 Å². The standard InChI is InChI=1S/C10H13N4S.Ir/c1-4-9-11-6-14(13-9)10(2,3)8-5-15-7-12-8;/h6-7H,4H2,1-3H3;/q-1;. The Bertz CT molecular complexity index is 435. The van der Waals surface area contributed by atoms with Gasteiger partial charge in [-0.25, -0.2) is 9.67 Å². The van der Waals surface area contributed by atoms with E-state index in [0.29, 0.717) is 0 Å². The van der Waals surface area contributed by atoms with Crippen molar-refractivity contribution in [1.29, 1.82) is 0 Å². The van der Waals surface area contributed by atoms with Gasteiger partial charge in [0.15, 0.2) is 0 Å². The van der Waals surface area contributed by atoms with Gasteiger partial charge in [-0.1, -0.05) is 12.4 Å². The Kier molecular flexibility index (Phi) is 4.35. The Morgan fingerprint density at radius 1 is 1.44 bits per heavy atom. The van der Waals surface area contributed by atoms with Crippen LogP contribution in [0.2, 0.25) is 0 Å². The Morgan fingerprint density at radius 3 is 2.69 bits per heavy atom. The molecule has 2 heterocycles. The Morgan fingerprint density at radius 2 is 2.19 bits per heavy atom. The molecule has 0 saturated heterocycles. The van der Waals surface area contributed by atoms with Crippen molar-refractivity contribution in [3.63, 3.8) is 0 Å². The van der Waals surface area contributed by atoms with E-state index >= 15 is 0 Å². The van der Waals surface area contributed by atoms with Gasteiger partial charge < -0.3 is 16.3 Å². The van der Waals surface area contributed by atoms with Crippen molar-refractivity contribution in [2.75, 3.05) is 0 Å². The summed E-state index contributed by atoms with van der Waals surface area (Å²) in [6.45, 7) is 6.17. The summed E-state index contributed by atoms with van der Waals surface area (Å²) in [6.07, 6.45) is 2.61. The van der Waals surface area contributed by atoms with Crippen molar-refractivity contribution in [3.05, 3.63) is 28.7 Å². The Balaban J connectivity index is 0.00000128. The van der Waals surface area contributed by atoms with E-state index in [2.05, 4.69) is 34.3 Å². The molecule has 0 unspecified atom stereocenters. The molecule has 4 nitrogen and oxygen atoms in total. The van der Waals surface area contributed by atoms with Crippen molar-refractivity contribution >= 4 is 11.3 Å². The average molecular weight is 414 g/mol. The number of hydrogen-bond donors (Lipinski definition) is 0. The first kappa shape index (κ1) is 13.5. The quantitative estimate of drug-likeness (QED) is 0.722. The Labute approximate surface area is 112 Å². The van der Waals surface area contributed by atoms with Gasteiger partial charge in [0.25, 0.3) is 0 Å². The van der Waals surface area contributed by atoms with Crippen molar-refractivity contribution in [2.24, 2.45) is 0 Å². The van der Waals surface area contributed by atoms with Gasteiger partial charge >= 0.3 is 0 Å². The smallest absolute Gasteiger partial charge is 0.150 e. The monoisotopic (exact) mass is 414 g/mol. The molecule has 0 fully saturated rings. The zero-order chi connectivity index (χ0) is 10.9. The molecular weight excluding hydrogens is 400 g/mol. The fourth-order valence-electron chi connectivity index (χ4n) is 1.31. The second-order valence-electron chi connectivity index (χ2n) is 3.82. The van der Waals surface area contributed by atoms with Crippen LogP contribution in [0, 0.1) is 5.38 Å². The molecule has 2 aromatic heterocycles. The van der Waals surface area contributed by atoms with Crippen molar-refractivity contribution in [3.8, 4) is 0 Å². The van der Waals surface area contributed by atoms with Gasteiger partial charge in [-0.15, -0.1) is 0 Å². The summed E-state index contributed by atoms with van der Waals surface area (Å²) in [5, 5.41) is 7.55.